The van der Waals surface area contributed by atoms with E-state index in [-0.39, 0.29) is 0 Å². The van der Waals surface area contributed by atoms with E-state index in [1.807, 2.05) is 0 Å². The fraction of sp³-hybridized carbons (Fsp3) is 0.750. The van der Waals surface area contributed by atoms with E-state index in [0.29, 0.717) is 0 Å². The number of halogens is 12. The lowest BCUT2D eigenvalue weighted by Gasteiger charge is -2.40. The predicted molar refractivity (Wildman–Crippen MR) is 62.5 cm³/mol. The molecule has 0 aromatic rings. The first-order chi connectivity index (χ1) is 11.6. The summed E-state index contributed by atoms with van der Waals surface area (Å²) >= 11 is 0. The Balaban J connectivity index is 6.07. The summed E-state index contributed by atoms with van der Waals surface area (Å²) in [5.41, 5.74) is -0.708. The van der Waals surface area contributed by atoms with Gasteiger partial charge in [0, 0.05) is 5.57 Å². The number of rotatable bonds is 9. The Bertz CT molecular complexity index is 584. The minimum atomic E-state index is -7.78. The third-order valence-corrected chi connectivity index (χ3v) is 3.03. The zero-order valence-electron chi connectivity index (χ0n) is 12.9. The van der Waals surface area contributed by atoms with Gasteiger partial charge >= 0.3 is 41.5 Å². The molecule has 1 N–H and O–H groups in total. The molecule has 0 bridgehead atoms. The second-order valence-corrected chi connectivity index (χ2v) is 5.22. The molecule has 0 atom stereocenters. The fourth-order valence-electron chi connectivity index (χ4n) is 1.32. The molecule has 0 heterocycles. The highest BCUT2D eigenvalue weighted by Gasteiger charge is 2.90. The van der Waals surface area contributed by atoms with Crippen molar-refractivity contribution < 1.29 is 67.3 Å². The first-order valence-electron chi connectivity index (χ1n) is 6.34. The van der Waals surface area contributed by atoms with Crippen molar-refractivity contribution in [1.29, 1.82) is 0 Å². The first kappa shape index (κ1) is 25.3. The van der Waals surface area contributed by atoms with Gasteiger partial charge in [0.2, 0.25) is 0 Å². The normalized spacial score (nSPS) is 14.9. The molecule has 0 aliphatic rings. The van der Waals surface area contributed by atoms with Gasteiger partial charge in [0.05, 0.1) is 0 Å². The van der Waals surface area contributed by atoms with Crippen LogP contribution in [-0.4, -0.2) is 59.8 Å². The van der Waals surface area contributed by atoms with E-state index in [9.17, 15) is 57.5 Å². The molecule has 3 nitrogen and oxygen atoms in total. The third kappa shape index (κ3) is 3.82. The van der Waals surface area contributed by atoms with Crippen LogP contribution in [0.1, 0.15) is 6.92 Å². The Morgan fingerprint density at radius 3 is 1.41 bits per heavy atom. The maximum absolute atomic E-state index is 13.3. The van der Waals surface area contributed by atoms with Crippen molar-refractivity contribution >= 4 is 5.97 Å². The number of carbonyl (C=O) groups excluding carboxylic acids is 1. The highest BCUT2D eigenvalue weighted by molar-refractivity contribution is 5.86. The summed E-state index contributed by atoms with van der Waals surface area (Å²) in [5.74, 6) is -44.9. The highest BCUT2D eigenvalue weighted by Crippen LogP contribution is 2.59. The molecular weight excluding hydrogens is 420 g/mol. The predicted octanol–water partition coefficient (Wildman–Crippen LogP) is 3.91. The Kier molecular flexibility index (Phi) is 6.62. The van der Waals surface area contributed by atoms with Gasteiger partial charge in [-0.2, -0.15) is 52.7 Å². The SMILES string of the molecule is C=C(C)C(=O)OCC(F)(F)C(F)(F)C(F)(F)C(F)(F)C(F)(F)C(F)(F)CO. The van der Waals surface area contributed by atoms with Crippen LogP contribution in [0.5, 0.6) is 0 Å². The largest absolute Gasteiger partial charge is 0.456 e. The molecule has 27 heavy (non-hydrogen) atoms. The van der Waals surface area contributed by atoms with Crippen molar-refractivity contribution in [2.24, 2.45) is 0 Å². The van der Waals surface area contributed by atoms with Crippen LogP contribution in [0.3, 0.4) is 0 Å². The molecule has 0 saturated heterocycles. The Morgan fingerprint density at radius 1 is 0.778 bits per heavy atom. The van der Waals surface area contributed by atoms with Crippen LogP contribution >= 0.6 is 0 Å². The molecule has 0 amide bonds. The Morgan fingerprint density at radius 2 is 1.11 bits per heavy atom. The fourth-order valence-corrected chi connectivity index (χ4v) is 1.32. The summed E-state index contributed by atoms with van der Waals surface area (Å²) in [5, 5.41) is 7.91. The smallest absolute Gasteiger partial charge is 0.384 e. The number of hydrogen-bond donors (Lipinski definition) is 1. The quantitative estimate of drug-likeness (QED) is 0.343. The van der Waals surface area contributed by atoms with Gasteiger partial charge in [-0.1, -0.05) is 6.58 Å². The summed E-state index contributed by atoms with van der Waals surface area (Å²) in [6.45, 7) is -2.59. The Hall–Kier alpha value is -1.67. The molecule has 15 heteroatoms. The summed E-state index contributed by atoms with van der Waals surface area (Å²) in [4.78, 5) is 10.8. The van der Waals surface area contributed by atoms with Gasteiger partial charge in [-0.05, 0) is 6.92 Å². The monoisotopic (exact) mass is 430 g/mol. The second-order valence-electron chi connectivity index (χ2n) is 5.22. The van der Waals surface area contributed by atoms with E-state index >= 15 is 0 Å². The van der Waals surface area contributed by atoms with Crippen LogP contribution in [0.4, 0.5) is 52.7 Å². The van der Waals surface area contributed by atoms with Crippen molar-refractivity contribution in [3.8, 4) is 0 Å². The number of esters is 1. The number of hydrogen-bond acceptors (Lipinski definition) is 3. The van der Waals surface area contributed by atoms with E-state index in [2.05, 4.69) is 11.3 Å². The molecule has 160 valence electrons. The van der Waals surface area contributed by atoms with Crippen LogP contribution in [0.2, 0.25) is 0 Å². The molecule has 0 radical (unpaired) electrons. The van der Waals surface area contributed by atoms with Crippen molar-refractivity contribution in [3.05, 3.63) is 12.2 Å². The van der Waals surface area contributed by atoms with Crippen molar-refractivity contribution in [2.45, 2.75) is 42.5 Å². The van der Waals surface area contributed by atoms with Gasteiger partial charge < -0.3 is 9.84 Å². The van der Waals surface area contributed by atoms with Gasteiger partial charge in [0.1, 0.15) is 6.61 Å². The number of carbonyl (C=O) groups is 1. The minimum absolute atomic E-state index is 0.708. The number of aliphatic hydroxyl groups excluding tert-OH is 1. The van der Waals surface area contributed by atoms with Crippen molar-refractivity contribution in [2.75, 3.05) is 13.2 Å². The zero-order valence-corrected chi connectivity index (χ0v) is 12.9. The molecule has 0 unspecified atom stereocenters. The molecule has 0 fully saturated rings. The van der Waals surface area contributed by atoms with Gasteiger partial charge in [-0.25, -0.2) is 4.79 Å². The topological polar surface area (TPSA) is 46.5 Å². The van der Waals surface area contributed by atoms with Crippen molar-refractivity contribution in [1.82, 2.24) is 0 Å². The lowest BCUT2D eigenvalue weighted by atomic mass is 9.91. The molecule has 0 aliphatic heterocycles. The highest BCUT2D eigenvalue weighted by atomic mass is 19.4. The third-order valence-electron chi connectivity index (χ3n) is 3.03. The van der Waals surface area contributed by atoms with Crippen LogP contribution < -0.4 is 0 Å². The number of ether oxygens (including phenoxy) is 1. The number of aliphatic hydroxyl groups is 1. The molecule has 0 aliphatic carbocycles. The zero-order chi connectivity index (χ0) is 22.3. The Labute approximate surface area is 142 Å². The summed E-state index contributed by atoms with van der Waals surface area (Å²) in [7, 11) is 0. The van der Waals surface area contributed by atoms with E-state index in [0.717, 1.165) is 6.92 Å². The van der Waals surface area contributed by atoms with Crippen molar-refractivity contribution in [3.63, 3.8) is 0 Å². The van der Waals surface area contributed by atoms with Crippen LogP contribution in [0, 0.1) is 0 Å². The maximum atomic E-state index is 13.3. The summed E-state index contributed by atoms with van der Waals surface area (Å²) in [6.07, 6.45) is 0. The van der Waals surface area contributed by atoms with Gasteiger partial charge in [-0.15, -0.1) is 0 Å². The molecule has 0 saturated carbocycles. The van der Waals surface area contributed by atoms with Gasteiger partial charge in [0.25, 0.3) is 0 Å². The van der Waals surface area contributed by atoms with Crippen LogP contribution in [0.15, 0.2) is 12.2 Å². The lowest BCUT2D eigenvalue weighted by Crippen LogP contribution is -2.71. The van der Waals surface area contributed by atoms with E-state index in [1.54, 1.807) is 0 Å². The summed E-state index contributed by atoms with van der Waals surface area (Å²) < 4.78 is 161. The van der Waals surface area contributed by atoms with Gasteiger partial charge in [-0.3, -0.25) is 0 Å². The molecule has 0 aromatic carbocycles. The molecule has 0 rings (SSSR count). The standard InChI is InChI=1S/C12H10F12O3/c1-5(2)6(26)27-4-8(15,16)10(19,20)12(23,24)11(21,22)9(17,18)7(13,14)3-25/h25H,1,3-4H2,2H3. The lowest BCUT2D eigenvalue weighted by molar-refractivity contribution is -0.428. The van der Waals surface area contributed by atoms with E-state index in [4.69, 9.17) is 5.11 Å². The van der Waals surface area contributed by atoms with E-state index < -0.39 is 60.3 Å². The average Bonchev–Trinajstić information content (AvgIpc) is 2.51. The first-order valence-corrected chi connectivity index (χ1v) is 6.34. The van der Waals surface area contributed by atoms with E-state index in [1.165, 1.54) is 0 Å². The molecular formula is C12H10F12O3. The molecule has 0 aromatic heterocycles. The van der Waals surface area contributed by atoms with Crippen LogP contribution in [0.25, 0.3) is 0 Å². The summed E-state index contributed by atoms with van der Waals surface area (Å²) in [6, 6.07) is 0. The second kappa shape index (κ2) is 7.05. The molecule has 0 spiro atoms. The van der Waals surface area contributed by atoms with Gasteiger partial charge in [0.15, 0.2) is 6.61 Å². The minimum Gasteiger partial charge on any atom is -0.456 e. The van der Waals surface area contributed by atoms with Crippen LogP contribution in [-0.2, 0) is 9.53 Å². The average molecular weight is 430 g/mol. The maximum Gasteiger partial charge on any atom is 0.384 e. The number of alkyl halides is 12.